The third-order valence-electron chi connectivity index (χ3n) is 0.577. The first kappa shape index (κ1) is 5.92. The molecule has 0 aromatic carbocycles. The second-order valence-corrected chi connectivity index (χ2v) is 1.81. The maximum absolute atomic E-state index is 8.11. The van der Waals surface area contributed by atoms with E-state index in [1.807, 2.05) is 0 Å². The molecule has 0 heterocycles. The van der Waals surface area contributed by atoms with E-state index in [1.165, 1.54) is 5.48 Å². The minimum atomic E-state index is 0.593. The lowest BCUT2D eigenvalue weighted by Crippen LogP contribution is -2.81. The number of hydrogen-bond acceptors (Lipinski definition) is 1. The lowest BCUT2D eigenvalue weighted by Gasteiger charge is -1.93. The van der Waals surface area contributed by atoms with Crippen molar-refractivity contribution < 1.29 is 10.7 Å². The summed E-state index contributed by atoms with van der Waals surface area (Å²) in [7, 11) is 0. The van der Waals surface area contributed by atoms with E-state index in [0.29, 0.717) is 5.92 Å². The van der Waals surface area contributed by atoms with Gasteiger partial charge in [-0.15, -0.1) is 0 Å². The van der Waals surface area contributed by atoms with Gasteiger partial charge in [0.05, 0.1) is 0 Å². The molecular weight excluding hydrogens is 78.0 g/mol. The molecule has 0 radical (unpaired) electrons. The smallest absolute Gasteiger partial charge is 0.107 e. The minimum absolute atomic E-state index is 0.593. The molecule has 0 fully saturated rings. The van der Waals surface area contributed by atoms with Crippen LogP contribution < -0.4 is 5.48 Å². The van der Waals surface area contributed by atoms with E-state index in [9.17, 15) is 0 Å². The van der Waals surface area contributed by atoms with Crippen LogP contribution in [0.1, 0.15) is 13.8 Å². The summed E-state index contributed by atoms with van der Waals surface area (Å²) in [6.07, 6.45) is 0. The highest BCUT2D eigenvalue weighted by molar-refractivity contribution is 4.31. The van der Waals surface area contributed by atoms with Crippen LogP contribution in [0.15, 0.2) is 0 Å². The number of quaternary nitrogens is 1. The molecule has 0 amide bonds. The predicted octanol–water partition coefficient (Wildman–Crippen LogP) is -0.405. The Hall–Kier alpha value is -0.0800. The van der Waals surface area contributed by atoms with Gasteiger partial charge in [-0.25, -0.2) is 10.7 Å². The normalized spacial score (nSPS) is 10.0. The number of hydrogen-bond donors (Lipinski definition) is 2. The fraction of sp³-hybridized carbons (Fsp3) is 1.00. The van der Waals surface area contributed by atoms with Gasteiger partial charge >= 0.3 is 0 Å². The summed E-state index contributed by atoms with van der Waals surface area (Å²) in [5.74, 6) is 0.593. The number of nitrogens with two attached hydrogens (primary N) is 1. The van der Waals surface area contributed by atoms with Crippen LogP contribution in [-0.2, 0) is 0 Å². The highest BCUT2D eigenvalue weighted by Crippen LogP contribution is 1.80. The summed E-state index contributed by atoms with van der Waals surface area (Å²) in [6.45, 7) is 4.93. The van der Waals surface area contributed by atoms with Crippen molar-refractivity contribution in [2.24, 2.45) is 5.92 Å². The van der Waals surface area contributed by atoms with Crippen molar-refractivity contribution in [3.8, 4) is 0 Å². The monoisotopic (exact) mass is 90.1 g/mol. The molecular formula is C4H12NO+. The van der Waals surface area contributed by atoms with Gasteiger partial charge in [0, 0.05) is 5.92 Å². The Kier molecular flexibility index (Phi) is 3.08. The molecule has 38 valence electrons. The van der Waals surface area contributed by atoms with Crippen molar-refractivity contribution in [3.63, 3.8) is 0 Å². The van der Waals surface area contributed by atoms with Crippen LogP contribution in [0.3, 0.4) is 0 Å². The zero-order valence-electron chi connectivity index (χ0n) is 4.31. The second-order valence-electron chi connectivity index (χ2n) is 1.81. The largest absolute Gasteiger partial charge is 0.221 e. The number of hydroxylamine groups is 1. The Labute approximate surface area is 38.1 Å². The average Bonchev–Trinajstić information content (AvgIpc) is 1.35. The molecule has 2 nitrogen and oxygen atoms in total. The van der Waals surface area contributed by atoms with E-state index in [2.05, 4.69) is 13.8 Å². The molecule has 0 saturated heterocycles. The molecule has 0 aliphatic heterocycles. The van der Waals surface area contributed by atoms with E-state index in [4.69, 9.17) is 5.21 Å². The highest BCUT2D eigenvalue weighted by Gasteiger charge is 1.89. The van der Waals surface area contributed by atoms with Crippen LogP contribution in [0.5, 0.6) is 0 Å². The SMILES string of the molecule is CC(C)C[NH2+]O. The first-order chi connectivity index (χ1) is 2.77. The first-order valence-corrected chi connectivity index (χ1v) is 2.23. The quantitative estimate of drug-likeness (QED) is 0.444. The van der Waals surface area contributed by atoms with Gasteiger partial charge in [-0.1, -0.05) is 13.8 Å². The topological polar surface area (TPSA) is 36.8 Å². The van der Waals surface area contributed by atoms with Gasteiger partial charge in [0.2, 0.25) is 0 Å². The Morgan fingerprint density at radius 2 is 2.17 bits per heavy atom. The van der Waals surface area contributed by atoms with E-state index in [-0.39, 0.29) is 0 Å². The molecule has 3 N–H and O–H groups in total. The molecule has 0 aliphatic rings. The fourth-order valence-corrected chi connectivity index (χ4v) is 0.211. The maximum Gasteiger partial charge on any atom is 0.107 e. The Bertz CT molecular complexity index is 28.7. The summed E-state index contributed by atoms with van der Waals surface area (Å²) in [5, 5.41) is 8.11. The van der Waals surface area contributed by atoms with Crippen molar-refractivity contribution in [2.75, 3.05) is 6.54 Å². The molecule has 0 spiro atoms. The first-order valence-electron chi connectivity index (χ1n) is 2.23. The maximum atomic E-state index is 8.11. The molecule has 0 rings (SSSR count). The molecule has 0 aliphatic carbocycles. The van der Waals surface area contributed by atoms with E-state index in [1.54, 1.807) is 0 Å². The Morgan fingerprint density at radius 3 is 2.17 bits per heavy atom. The molecule has 0 aromatic rings. The zero-order valence-corrected chi connectivity index (χ0v) is 4.31. The molecule has 0 atom stereocenters. The van der Waals surface area contributed by atoms with Gasteiger partial charge in [0.25, 0.3) is 0 Å². The lowest BCUT2D eigenvalue weighted by atomic mass is 10.2. The van der Waals surface area contributed by atoms with Crippen LogP contribution in [0.4, 0.5) is 0 Å². The fourth-order valence-electron chi connectivity index (χ4n) is 0.211. The van der Waals surface area contributed by atoms with Crippen LogP contribution in [0.2, 0.25) is 0 Å². The summed E-state index contributed by atoms with van der Waals surface area (Å²) >= 11 is 0. The lowest BCUT2D eigenvalue weighted by molar-refractivity contribution is -0.889. The molecule has 2 heteroatoms. The Balaban J connectivity index is 2.63. The van der Waals surface area contributed by atoms with Crippen molar-refractivity contribution in [2.45, 2.75) is 13.8 Å². The molecule has 0 aromatic heterocycles. The van der Waals surface area contributed by atoms with Gasteiger partial charge in [-0.05, 0) is 0 Å². The highest BCUT2D eigenvalue weighted by atomic mass is 16.5. The molecule has 0 bridgehead atoms. The van der Waals surface area contributed by atoms with Crippen LogP contribution in [0.25, 0.3) is 0 Å². The molecule has 6 heavy (non-hydrogen) atoms. The van der Waals surface area contributed by atoms with Crippen molar-refractivity contribution in [1.82, 2.24) is 0 Å². The van der Waals surface area contributed by atoms with Gasteiger partial charge in [0.1, 0.15) is 6.54 Å². The van der Waals surface area contributed by atoms with Gasteiger partial charge in [0.15, 0.2) is 0 Å². The third-order valence-corrected chi connectivity index (χ3v) is 0.577. The zero-order chi connectivity index (χ0) is 4.99. The third kappa shape index (κ3) is 3.92. The van der Waals surface area contributed by atoms with Crippen LogP contribution in [-0.4, -0.2) is 11.8 Å². The molecule has 0 saturated carbocycles. The summed E-state index contributed by atoms with van der Waals surface area (Å²) < 4.78 is 0. The van der Waals surface area contributed by atoms with E-state index < -0.39 is 0 Å². The van der Waals surface area contributed by atoms with Crippen molar-refractivity contribution >= 4 is 0 Å². The number of rotatable bonds is 2. The van der Waals surface area contributed by atoms with Crippen molar-refractivity contribution in [3.05, 3.63) is 0 Å². The summed E-state index contributed by atoms with van der Waals surface area (Å²) in [4.78, 5) is 0. The summed E-state index contributed by atoms with van der Waals surface area (Å²) in [6, 6.07) is 0. The van der Waals surface area contributed by atoms with Crippen LogP contribution in [0, 0.1) is 5.92 Å². The second kappa shape index (κ2) is 3.12. The van der Waals surface area contributed by atoms with Crippen LogP contribution >= 0.6 is 0 Å². The average molecular weight is 90.1 g/mol. The standard InChI is InChI=1S/C4H11NO/c1-4(2)3-5-6/h4-6H,3H2,1-2H3/p+1. The predicted molar refractivity (Wildman–Crippen MR) is 23.4 cm³/mol. The van der Waals surface area contributed by atoms with Crippen molar-refractivity contribution in [1.29, 1.82) is 0 Å². The van der Waals surface area contributed by atoms with Gasteiger partial charge in [-0.2, -0.15) is 0 Å². The van der Waals surface area contributed by atoms with E-state index >= 15 is 0 Å². The summed E-state index contributed by atoms with van der Waals surface area (Å²) in [5.41, 5.74) is 1.20. The van der Waals surface area contributed by atoms with E-state index in [0.717, 1.165) is 6.54 Å². The van der Waals surface area contributed by atoms with Gasteiger partial charge in [-0.3, -0.25) is 0 Å². The van der Waals surface area contributed by atoms with Gasteiger partial charge < -0.3 is 0 Å². The minimum Gasteiger partial charge on any atom is -0.221 e. The molecule has 0 unspecified atom stereocenters. The Morgan fingerprint density at radius 1 is 1.67 bits per heavy atom.